The normalized spacial score (nSPS) is 11.4. The van der Waals surface area contributed by atoms with Crippen LogP contribution in [0.3, 0.4) is 0 Å². The third-order valence-electron chi connectivity index (χ3n) is 5.03. The molecule has 0 fully saturated rings. The fourth-order valence-electron chi connectivity index (χ4n) is 3.06. The highest BCUT2D eigenvalue weighted by Crippen LogP contribution is 2.24. The lowest BCUT2D eigenvalue weighted by molar-refractivity contribution is -0.116. The number of aryl methyl sites for hydroxylation is 2. The van der Waals surface area contributed by atoms with Crippen LogP contribution in [0, 0.1) is 13.8 Å². The lowest BCUT2D eigenvalue weighted by Gasteiger charge is -2.20. The lowest BCUT2D eigenvalue weighted by Crippen LogP contribution is -2.35. The van der Waals surface area contributed by atoms with Crippen LogP contribution in [-0.4, -0.2) is 57.1 Å². The number of carbonyl (C=O) groups excluding carboxylic acids is 2. The largest absolute Gasteiger partial charge is 0.332 e. The highest BCUT2D eigenvalue weighted by molar-refractivity contribution is 7.89. The van der Waals surface area contributed by atoms with Crippen molar-refractivity contribution in [2.75, 3.05) is 33.0 Å². The van der Waals surface area contributed by atoms with Gasteiger partial charge in [0.1, 0.15) is 0 Å². The minimum atomic E-state index is -3.70. The number of anilines is 1. The molecule has 2 amide bonds. The molecular weight excluding hydrogens is 402 g/mol. The van der Waals surface area contributed by atoms with Gasteiger partial charge in [0.05, 0.1) is 11.4 Å². The van der Waals surface area contributed by atoms with E-state index in [1.165, 1.54) is 32.1 Å². The maximum absolute atomic E-state index is 12.9. The van der Waals surface area contributed by atoms with Crippen molar-refractivity contribution in [1.82, 2.24) is 9.21 Å². The van der Waals surface area contributed by atoms with E-state index >= 15 is 0 Å². The molecule has 0 unspecified atom stereocenters. The molecule has 2 aromatic rings. The van der Waals surface area contributed by atoms with Crippen LogP contribution in [0.25, 0.3) is 0 Å². The number of likely N-dealkylation sites (N-methyl/N-ethyl adjacent to an activating group) is 1. The molecule has 0 saturated heterocycles. The third kappa shape index (κ3) is 5.06. The van der Waals surface area contributed by atoms with Crippen LogP contribution in [-0.2, 0) is 21.2 Å². The number of carbonyl (C=O) groups is 2. The quantitative estimate of drug-likeness (QED) is 0.730. The number of nitrogens with one attached hydrogen (secondary N) is 1. The Kier molecular flexibility index (Phi) is 7.39. The van der Waals surface area contributed by atoms with Gasteiger partial charge in [0, 0.05) is 32.4 Å². The molecule has 0 bridgehead atoms. The average molecular weight is 432 g/mol. The monoisotopic (exact) mass is 431 g/mol. The Morgan fingerprint density at radius 1 is 1.03 bits per heavy atom. The molecule has 2 rings (SSSR count). The summed E-state index contributed by atoms with van der Waals surface area (Å²) in [6, 6.07) is 10.5. The molecule has 2 aromatic carbocycles. The zero-order valence-corrected chi connectivity index (χ0v) is 19.1. The number of amides is 2. The third-order valence-corrected chi connectivity index (χ3v) is 6.97. The summed E-state index contributed by atoms with van der Waals surface area (Å²) in [7, 11) is 0.712. The molecule has 0 spiro atoms. The second-order valence-corrected chi connectivity index (χ2v) is 9.54. The first-order valence-electron chi connectivity index (χ1n) is 9.66. The Balaban J connectivity index is 2.24. The van der Waals surface area contributed by atoms with Crippen LogP contribution >= 0.6 is 0 Å². The molecule has 0 radical (unpaired) electrons. The van der Waals surface area contributed by atoms with Crippen LogP contribution in [0.2, 0.25) is 0 Å². The SMILES string of the molecule is CCc1ccccc1NC(=O)CN(C)C(=O)c1cc(C)c(C)c(S(=O)(=O)N(C)C)c1. The van der Waals surface area contributed by atoms with Gasteiger partial charge in [-0.1, -0.05) is 25.1 Å². The number of benzene rings is 2. The van der Waals surface area contributed by atoms with Crippen LogP contribution in [0.4, 0.5) is 5.69 Å². The predicted molar refractivity (Wildman–Crippen MR) is 118 cm³/mol. The number of hydrogen-bond donors (Lipinski definition) is 1. The van der Waals surface area contributed by atoms with Crippen LogP contribution in [0.1, 0.15) is 34.0 Å². The zero-order valence-electron chi connectivity index (χ0n) is 18.3. The molecule has 8 heteroatoms. The summed E-state index contributed by atoms with van der Waals surface area (Å²) in [5.41, 5.74) is 3.24. The van der Waals surface area contributed by atoms with E-state index < -0.39 is 15.9 Å². The molecule has 0 saturated carbocycles. The number of nitrogens with zero attached hydrogens (tertiary/aromatic N) is 2. The minimum Gasteiger partial charge on any atom is -0.332 e. The van der Waals surface area contributed by atoms with Crippen LogP contribution < -0.4 is 5.32 Å². The smallest absolute Gasteiger partial charge is 0.254 e. The van der Waals surface area contributed by atoms with E-state index in [1.807, 2.05) is 31.2 Å². The second kappa shape index (κ2) is 9.40. The van der Waals surface area contributed by atoms with Gasteiger partial charge < -0.3 is 10.2 Å². The van der Waals surface area contributed by atoms with E-state index in [2.05, 4.69) is 5.32 Å². The first-order chi connectivity index (χ1) is 14.0. The summed E-state index contributed by atoms with van der Waals surface area (Å²) in [6.45, 7) is 5.32. The lowest BCUT2D eigenvalue weighted by atomic mass is 10.1. The molecule has 1 N–H and O–H groups in total. The molecule has 0 aromatic heterocycles. The van der Waals surface area contributed by atoms with Gasteiger partial charge in [-0.15, -0.1) is 0 Å². The summed E-state index contributed by atoms with van der Waals surface area (Å²) in [5.74, 6) is -0.746. The molecule has 0 aliphatic heterocycles. The number of sulfonamides is 1. The van der Waals surface area contributed by atoms with E-state index in [9.17, 15) is 18.0 Å². The van der Waals surface area contributed by atoms with Crippen molar-refractivity contribution >= 4 is 27.5 Å². The van der Waals surface area contributed by atoms with Crippen molar-refractivity contribution in [2.24, 2.45) is 0 Å². The van der Waals surface area contributed by atoms with Crippen molar-refractivity contribution < 1.29 is 18.0 Å². The Morgan fingerprint density at radius 2 is 1.67 bits per heavy atom. The first kappa shape index (κ1) is 23.6. The Hall–Kier alpha value is -2.71. The fourth-order valence-corrected chi connectivity index (χ4v) is 4.28. The maximum Gasteiger partial charge on any atom is 0.254 e. The van der Waals surface area contributed by atoms with E-state index in [0.29, 0.717) is 11.1 Å². The van der Waals surface area contributed by atoms with Gasteiger partial charge in [0.15, 0.2) is 0 Å². The van der Waals surface area contributed by atoms with Gasteiger partial charge in [-0.25, -0.2) is 12.7 Å². The van der Waals surface area contributed by atoms with Crippen LogP contribution in [0.5, 0.6) is 0 Å². The topological polar surface area (TPSA) is 86.8 Å². The molecule has 0 aliphatic rings. The number of para-hydroxylation sites is 1. The van der Waals surface area contributed by atoms with Crippen molar-refractivity contribution in [1.29, 1.82) is 0 Å². The average Bonchev–Trinajstić information content (AvgIpc) is 2.69. The molecular formula is C22H29N3O4S. The Bertz CT molecular complexity index is 1060. The van der Waals surface area contributed by atoms with Gasteiger partial charge in [0.25, 0.3) is 5.91 Å². The van der Waals surface area contributed by atoms with E-state index in [4.69, 9.17) is 0 Å². The summed E-state index contributed by atoms with van der Waals surface area (Å²) >= 11 is 0. The molecule has 0 atom stereocenters. The van der Waals surface area contributed by atoms with Gasteiger partial charge in [-0.05, 0) is 55.2 Å². The molecule has 162 valence electrons. The van der Waals surface area contributed by atoms with Crippen molar-refractivity contribution in [3.05, 3.63) is 58.7 Å². The molecule has 0 heterocycles. The summed E-state index contributed by atoms with van der Waals surface area (Å²) < 4.78 is 26.4. The Labute approximate surface area is 178 Å². The summed E-state index contributed by atoms with van der Waals surface area (Å²) in [6.07, 6.45) is 0.775. The van der Waals surface area contributed by atoms with E-state index in [-0.39, 0.29) is 22.9 Å². The fraction of sp³-hybridized carbons (Fsp3) is 0.364. The van der Waals surface area contributed by atoms with Gasteiger partial charge >= 0.3 is 0 Å². The van der Waals surface area contributed by atoms with Gasteiger partial charge in [-0.2, -0.15) is 0 Å². The molecule has 30 heavy (non-hydrogen) atoms. The minimum absolute atomic E-state index is 0.0885. The zero-order chi connectivity index (χ0) is 22.6. The number of hydrogen-bond acceptors (Lipinski definition) is 4. The standard InChI is InChI=1S/C22H29N3O4S/c1-7-17-10-8-9-11-19(17)23-21(26)14-25(6)22(27)18-12-15(2)16(3)20(13-18)30(28,29)24(4)5/h8-13H,7,14H2,1-6H3,(H,23,26). The highest BCUT2D eigenvalue weighted by atomic mass is 32.2. The van der Waals surface area contributed by atoms with E-state index in [0.717, 1.165) is 22.0 Å². The first-order valence-corrected chi connectivity index (χ1v) is 11.1. The maximum atomic E-state index is 12.9. The van der Waals surface area contributed by atoms with Gasteiger partial charge in [-0.3, -0.25) is 9.59 Å². The van der Waals surface area contributed by atoms with Gasteiger partial charge in [0.2, 0.25) is 15.9 Å². The highest BCUT2D eigenvalue weighted by Gasteiger charge is 2.24. The number of rotatable bonds is 7. The summed E-state index contributed by atoms with van der Waals surface area (Å²) in [5, 5.41) is 2.83. The Morgan fingerprint density at radius 3 is 2.27 bits per heavy atom. The van der Waals surface area contributed by atoms with Crippen molar-refractivity contribution in [2.45, 2.75) is 32.1 Å². The second-order valence-electron chi connectivity index (χ2n) is 7.42. The van der Waals surface area contributed by atoms with Crippen molar-refractivity contribution in [3.63, 3.8) is 0 Å². The summed E-state index contributed by atoms with van der Waals surface area (Å²) in [4.78, 5) is 26.7. The predicted octanol–water partition coefficient (Wildman–Crippen LogP) is 2.83. The van der Waals surface area contributed by atoms with Crippen molar-refractivity contribution in [3.8, 4) is 0 Å². The van der Waals surface area contributed by atoms with E-state index in [1.54, 1.807) is 19.9 Å². The molecule has 7 nitrogen and oxygen atoms in total. The van der Waals surface area contributed by atoms with Crippen LogP contribution in [0.15, 0.2) is 41.3 Å². The molecule has 0 aliphatic carbocycles.